The predicted molar refractivity (Wildman–Crippen MR) is 45.7 cm³/mol. The van der Waals surface area contributed by atoms with Crippen LogP contribution in [0.1, 0.15) is 19.5 Å². The van der Waals surface area contributed by atoms with Crippen molar-refractivity contribution in [3.63, 3.8) is 0 Å². The summed E-state index contributed by atoms with van der Waals surface area (Å²) in [6.07, 6.45) is 1.64. The van der Waals surface area contributed by atoms with Crippen molar-refractivity contribution in [2.75, 3.05) is 0 Å². The zero-order chi connectivity index (χ0) is 8.97. The molecule has 4 nitrogen and oxygen atoms in total. The lowest BCUT2D eigenvalue weighted by atomic mass is 10.3. The number of fused-ring (bicyclic) bond motifs is 1. The van der Waals surface area contributed by atoms with Gasteiger partial charge in [-0.2, -0.15) is 0 Å². The van der Waals surface area contributed by atoms with E-state index in [1.54, 1.807) is 12.3 Å². The normalized spacial score (nSPS) is 9.25. The third-order valence-corrected chi connectivity index (χ3v) is 1.27. The van der Waals surface area contributed by atoms with Crippen LogP contribution in [0.15, 0.2) is 16.8 Å². The van der Waals surface area contributed by atoms with Crippen LogP contribution in [-0.2, 0) is 0 Å². The van der Waals surface area contributed by atoms with E-state index in [1.165, 1.54) is 0 Å². The molecule has 0 unspecified atom stereocenters. The van der Waals surface area contributed by atoms with E-state index in [-0.39, 0.29) is 0 Å². The molecule has 0 aliphatic rings. The van der Waals surface area contributed by atoms with Gasteiger partial charge in [0.1, 0.15) is 0 Å². The molecule has 0 aromatic carbocycles. The molecule has 0 spiro atoms. The summed E-state index contributed by atoms with van der Waals surface area (Å²) < 4.78 is 4.80. The summed E-state index contributed by atoms with van der Waals surface area (Å²) in [5.41, 5.74) is 2.30. The molecule has 0 aliphatic heterocycles. The molecule has 2 aromatic rings. The third-order valence-electron chi connectivity index (χ3n) is 1.27. The summed E-state index contributed by atoms with van der Waals surface area (Å²) >= 11 is 0. The number of aryl methyl sites for hydroxylation is 1. The van der Waals surface area contributed by atoms with Gasteiger partial charge in [-0.15, -0.1) is 5.10 Å². The first-order chi connectivity index (χ1) is 5.86. The monoisotopic (exact) mass is 165 g/mol. The molecule has 2 rings (SSSR count). The standard InChI is InChI=1S/C6H5N3O.C2H6/c1-4-2-6-5(3-7-4)8-9-10-6;1-2/h2-3H,1H3;1-2H3. The average molecular weight is 165 g/mol. The van der Waals surface area contributed by atoms with Gasteiger partial charge in [0.2, 0.25) is 0 Å². The van der Waals surface area contributed by atoms with Crippen LogP contribution in [0.2, 0.25) is 0 Å². The van der Waals surface area contributed by atoms with Crippen LogP contribution in [-0.4, -0.2) is 15.4 Å². The minimum atomic E-state index is 0.688. The van der Waals surface area contributed by atoms with Crippen molar-refractivity contribution in [1.82, 2.24) is 15.4 Å². The van der Waals surface area contributed by atoms with Gasteiger partial charge in [-0.25, -0.2) is 0 Å². The minimum absolute atomic E-state index is 0.688. The van der Waals surface area contributed by atoms with Crippen LogP contribution in [0.25, 0.3) is 11.1 Å². The topological polar surface area (TPSA) is 51.8 Å². The summed E-state index contributed by atoms with van der Waals surface area (Å²) in [7, 11) is 0. The second kappa shape index (κ2) is 3.80. The molecule has 4 heteroatoms. The maximum absolute atomic E-state index is 4.80. The van der Waals surface area contributed by atoms with Crippen molar-refractivity contribution >= 4 is 11.1 Å². The van der Waals surface area contributed by atoms with Crippen LogP contribution < -0.4 is 0 Å². The highest BCUT2D eigenvalue weighted by atomic mass is 16.5. The van der Waals surface area contributed by atoms with Gasteiger partial charge in [-0.3, -0.25) is 4.98 Å². The number of aromatic nitrogens is 3. The average Bonchev–Trinajstić information content (AvgIpc) is 2.54. The van der Waals surface area contributed by atoms with Crippen molar-refractivity contribution in [1.29, 1.82) is 0 Å². The van der Waals surface area contributed by atoms with E-state index < -0.39 is 0 Å². The van der Waals surface area contributed by atoms with Gasteiger partial charge in [0, 0.05) is 17.0 Å². The quantitative estimate of drug-likeness (QED) is 0.598. The Bertz CT molecular complexity index is 356. The Kier molecular flexibility index (Phi) is 2.74. The Hall–Kier alpha value is -1.45. The number of nitrogens with zero attached hydrogens (tertiary/aromatic N) is 3. The first-order valence-electron chi connectivity index (χ1n) is 3.91. The zero-order valence-electron chi connectivity index (χ0n) is 7.40. The van der Waals surface area contributed by atoms with Crippen LogP contribution in [0.3, 0.4) is 0 Å². The molecule has 0 radical (unpaired) electrons. The SMILES string of the molecule is CC.Cc1cc2onnc2cn1. The fourth-order valence-electron chi connectivity index (χ4n) is 0.784. The number of hydrogen-bond donors (Lipinski definition) is 0. The summed E-state index contributed by atoms with van der Waals surface area (Å²) in [5.74, 6) is 0. The van der Waals surface area contributed by atoms with E-state index >= 15 is 0 Å². The Morgan fingerprint density at radius 3 is 2.83 bits per heavy atom. The lowest BCUT2D eigenvalue weighted by Gasteiger charge is -1.85. The van der Waals surface area contributed by atoms with Crippen molar-refractivity contribution in [3.05, 3.63) is 18.0 Å². The van der Waals surface area contributed by atoms with Crippen molar-refractivity contribution in [2.24, 2.45) is 0 Å². The molecule has 12 heavy (non-hydrogen) atoms. The molecule has 0 atom stereocenters. The lowest BCUT2D eigenvalue weighted by molar-refractivity contribution is 0.424. The molecule has 2 heterocycles. The second-order valence-electron chi connectivity index (χ2n) is 2.07. The molecule has 0 saturated carbocycles. The molecule has 0 aliphatic carbocycles. The lowest BCUT2D eigenvalue weighted by Crippen LogP contribution is -1.77. The minimum Gasteiger partial charge on any atom is -0.337 e. The predicted octanol–water partition coefficient (Wildman–Crippen LogP) is 1.95. The van der Waals surface area contributed by atoms with E-state index in [0.717, 1.165) is 5.69 Å². The van der Waals surface area contributed by atoms with Crippen molar-refractivity contribution < 1.29 is 4.52 Å². The highest BCUT2D eigenvalue weighted by Gasteiger charge is 1.98. The van der Waals surface area contributed by atoms with E-state index in [1.807, 2.05) is 20.8 Å². The highest BCUT2D eigenvalue weighted by Crippen LogP contribution is 2.08. The third kappa shape index (κ3) is 1.58. The number of pyridine rings is 1. The molecule has 0 N–H and O–H groups in total. The fourth-order valence-corrected chi connectivity index (χ4v) is 0.784. The van der Waals surface area contributed by atoms with E-state index in [9.17, 15) is 0 Å². The zero-order valence-corrected chi connectivity index (χ0v) is 7.40. The van der Waals surface area contributed by atoms with E-state index in [2.05, 4.69) is 15.4 Å². The van der Waals surface area contributed by atoms with E-state index in [0.29, 0.717) is 11.1 Å². The Morgan fingerprint density at radius 2 is 2.08 bits per heavy atom. The van der Waals surface area contributed by atoms with Crippen molar-refractivity contribution in [2.45, 2.75) is 20.8 Å². The van der Waals surface area contributed by atoms with Gasteiger partial charge >= 0.3 is 0 Å². The highest BCUT2D eigenvalue weighted by molar-refractivity contribution is 5.69. The first kappa shape index (κ1) is 8.64. The summed E-state index contributed by atoms with van der Waals surface area (Å²) in [6.45, 7) is 5.89. The van der Waals surface area contributed by atoms with Crippen molar-refractivity contribution in [3.8, 4) is 0 Å². The maximum Gasteiger partial charge on any atom is 0.190 e. The van der Waals surface area contributed by atoms with Crippen LogP contribution in [0.5, 0.6) is 0 Å². The number of hydrogen-bond acceptors (Lipinski definition) is 4. The van der Waals surface area contributed by atoms with Crippen LogP contribution in [0, 0.1) is 6.92 Å². The van der Waals surface area contributed by atoms with Gasteiger partial charge in [0.15, 0.2) is 11.1 Å². The molecule has 2 aromatic heterocycles. The van der Waals surface area contributed by atoms with Gasteiger partial charge < -0.3 is 4.52 Å². The van der Waals surface area contributed by atoms with Crippen LogP contribution >= 0.6 is 0 Å². The first-order valence-corrected chi connectivity index (χ1v) is 3.91. The molecule has 0 saturated heterocycles. The molecular formula is C8H11N3O. The molecule has 0 bridgehead atoms. The molecule has 64 valence electrons. The molecule has 0 fully saturated rings. The largest absolute Gasteiger partial charge is 0.337 e. The van der Waals surface area contributed by atoms with Gasteiger partial charge in [-0.05, 0) is 6.92 Å². The van der Waals surface area contributed by atoms with Crippen LogP contribution in [0.4, 0.5) is 0 Å². The fraction of sp³-hybridized carbons (Fsp3) is 0.375. The van der Waals surface area contributed by atoms with Gasteiger partial charge in [-0.1, -0.05) is 13.8 Å². The maximum atomic E-state index is 4.80. The van der Waals surface area contributed by atoms with Gasteiger partial charge in [0.25, 0.3) is 0 Å². The summed E-state index contributed by atoms with van der Waals surface area (Å²) in [5, 5.41) is 7.06. The Morgan fingerprint density at radius 1 is 1.33 bits per heavy atom. The summed E-state index contributed by atoms with van der Waals surface area (Å²) in [4.78, 5) is 4.02. The van der Waals surface area contributed by atoms with Gasteiger partial charge in [0.05, 0.1) is 6.20 Å². The molecule has 0 amide bonds. The number of rotatable bonds is 0. The Balaban J connectivity index is 0.000000336. The summed E-state index contributed by atoms with van der Waals surface area (Å²) in [6, 6.07) is 1.80. The Labute approximate surface area is 70.6 Å². The molecular weight excluding hydrogens is 154 g/mol. The van der Waals surface area contributed by atoms with E-state index in [4.69, 9.17) is 4.52 Å². The smallest absolute Gasteiger partial charge is 0.190 e. The second-order valence-corrected chi connectivity index (χ2v) is 2.07.